The maximum absolute atomic E-state index is 5.93. The molecule has 1 unspecified atom stereocenters. The van der Waals surface area contributed by atoms with E-state index in [-0.39, 0.29) is 6.04 Å². The molecule has 0 spiro atoms. The molecule has 1 aromatic carbocycles. The van der Waals surface area contributed by atoms with Gasteiger partial charge in [-0.05, 0) is 53.0 Å². The molecule has 0 heterocycles. The van der Waals surface area contributed by atoms with Gasteiger partial charge in [0.15, 0.2) is 0 Å². The Kier molecular flexibility index (Phi) is 5.13. The van der Waals surface area contributed by atoms with E-state index in [1.54, 1.807) is 11.8 Å². The monoisotopic (exact) mass is 307 g/mol. The Morgan fingerprint density at radius 3 is 2.54 bits per heavy atom. The van der Waals surface area contributed by atoms with E-state index in [9.17, 15) is 0 Å². The average Bonchev–Trinajstić information content (AvgIpc) is 2.09. The van der Waals surface area contributed by atoms with E-state index in [1.165, 1.54) is 9.13 Å². The quantitative estimate of drug-likeness (QED) is 0.865. The van der Waals surface area contributed by atoms with Gasteiger partial charge in [-0.15, -0.1) is 0 Å². The molecule has 72 valence electrons. The first-order valence-electron chi connectivity index (χ1n) is 4.21. The van der Waals surface area contributed by atoms with Gasteiger partial charge >= 0.3 is 0 Å². The summed E-state index contributed by atoms with van der Waals surface area (Å²) in [6.45, 7) is 0. The molecule has 1 rings (SSSR count). The Hall–Kier alpha value is 0.260. The maximum Gasteiger partial charge on any atom is 0.0171 e. The number of nitrogens with two attached hydrogens (primary N) is 1. The molecule has 0 radical (unpaired) electrons. The first-order chi connectivity index (χ1) is 6.22. The number of hydrogen-bond donors (Lipinski definition) is 1. The molecular weight excluding hydrogens is 293 g/mol. The summed E-state index contributed by atoms with van der Waals surface area (Å²) in [5.41, 5.74) is 7.27. The molecule has 1 nitrogen and oxygen atoms in total. The average molecular weight is 307 g/mol. The number of hydrogen-bond acceptors (Lipinski definition) is 2. The molecule has 0 bridgehead atoms. The van der Waals surface area contributed by atoms with E-state index in [0.717, 1.165) is 12.2 Å². The Bertz CT molecular complexity index is 248. The van der Waals surface area contributed by atoms with E-state index < -0.39 is 0 Å². The molecule has 0 amide bonds. The third-order valence-electron chi connectivity index (χ3n) is 1.79. The molecule has 1 atom stereocenters. The minimum Gasteiger partial charge on any atom is -0.327 e. The van der Waals surface area contributed by atoms with Crippen LogP contribution in [0.15, 0.2) is 24.3 Å². The van der Waals surface area contributed by atoms with Gasteiger partial charge in [0.1, 0.15) is 0 Å². The van der Waals surface area contributed by atoms with Crippen LogP contribution in [0.1, 0.15) is 5.56 Å². The zero-order valence-corrected chi connectivity index (χ0v) is 10.6. The Labute approximate surface area is 97.6 Å². The minimum atomic E-state index is 0.287. The maximum atomic E-state index is 5.93. The fourth-order valence-corrected chi connectivity index (χ4v) is 2.10. The van der Waals surface area contributed by atoms with Crippen molar-refractivity contribution in [1.29, 1.82) is 0 Å². The van der Waals surface area contributed by atoms with E-state index in [2.05, 4.69) is 53.1 Å². The fraction of sp³-hybridized carbons (Fsp3) is 0.400. The summed E-state index contributed by atoms with van der Waals surface area (Å²) in [6.07, 6.45) is 3.07. The molecule has 0 aromatic heterocycles. The highest BCUT2D eigenvalue weighted by Gasteiger charge is 2.02. The predicted molar refractivity (Wildman–Crippen MR) is 69.2 cm³/mol. The number of halogens is 1. The summed E-state index contributed by atoms with van der Waals surface area (Å²) >= 11 is 4.12. The molecule has 1 aromatic rings. The third-order valence-corrected chi connectivity index (χ3v) is 3.27. The van der Waals surface area contributed by atoms with Crippen LogP contribution >= 0.6 is 34.4 Å². The molecule has 0 fully saturated rings. The van der Waals surface area contributed by atoms with Crippen molar-refractivity contribution in [1.82, 2.24) is 0 Å². The minimum absolute atomic E-state index is 0.287. The van der Waals surface area contributed by atoms with Gasteiger partial charge in [0, 0.05) is 15.4 Å². The smallest absolute Gasteiger partial charge is 0.0171 e. The van der Waals surface area contributed by atoms with Gasteiger partial charge in [0.25, 0.3) is 0 Å². The number of thioether (sulfide) groups is 1. The van der Waals surface area contributed by atoms with Crippen molar-refractivity contribution in [2.75, 3.05) is 12.0 Å². The summed E-state index contributed by atoms with van der Waals surface area (Å²) in [5, 5.41) is 0. The number of rotatable bonds is 4. The van der Waals surface area contributed by atoms with Crippen LogP contribution in [0.25, 0.3) is 0 Å². The number of benzene rings is 1. The van der Waals surface area contributed by atoms with Crippen molar-refractivity contribution in [3.05, 3.63) is 33.4 Å². The van der Waals surface area contributed by atoms with Crippen molar-refractivity contribution < 1.29 is 0 Å². The molecule has 0 aliphatic heterocycles. The molecule has 0 saturated heterocycles. The van der Waals surface area contributed by atoms with Crippen LogP contribution in [0.4, 0.5) is 0 Å². The molecular formula is C10H14INS. The van der Waals surface area contributed by atoms with Crippen LogP contribution in [0, 0.1) is 3.57 Å². The van der Waals surface area contributed by atoms with Crippen molar-refractivity contribution in [2.45, 2.75) is 12.5 Å². The van der Waals surface area contributed by atoms with Gasteiger partial charge in [-0.2, -0.15) is 11.8 Å². The lowest BCUT2D eigenvalue weighted by atomic mass is 10.1. The van der Waals surface area contributed by atoms with Crippen LogP contribution in [0.5, 0.6) is 0 Å². The van der Waals surface area contributed by atoms with Crippen LogP contribution < -0.4 is 5.73 Å². The lowest BCUT2D eigenvalue weighted by molar-refractivity contribution is 0.749. The van der Waals surface area contributed by atoms with Crippen LogP contribution in [-0.4, -0.2) is 18.1 Å². The van der Waals surface area contributed by atoms with Crippen LogP contribution in [-0.2, 0) is 6.42 Å². The van der Waals surface area contributed by atoms with Gasteiger partial charge in [-0.1, -0.05) is 12.1 Å². The molecule has 13 heavy (non-hydrogen) atoms. The highest BCUT2D eigenvalue weighted by atomic mass is 127. The van der Waals surface area contributed by atoms with Crippen molar-refractivity contribution in [3.63, 3.8) is 0 Å². The van der Waals surface area contributed by atoms with E-state index >= 15 is 0 Å². The fourth-order valence-electron chi connectivity index (χ4n) is 1.20. The lowest BCUT2D eigenvalue weighted by Gasteiger charge is -2.09. The van der Waals surface area contributed by atoms with Crippen molar-refractivity contribution >= 4 is 34.4 Å². The van der Waals surface area contributed by atoms with Gasteiger partial charge in [0.2, 0.25) is 0 Å². The summed E-state index contributed by atoms with van der Waals surface area (Å²) < 4.78 is 1.28. The van der Waals surface area contributed by atoms with E-state index in [0.29, 0.717) is 0 Å². The largest absolute Gasteiger partial charge is 0.327 e. The summed E-state index contributed by atoms with van der Waals surface area (Å²) in [5.74, 6) is 1.03. The molecule has 3 heteroatoms. The predicted octanol–water partition coefficient (Wildman–Crippen LogP) is 2.52. The first-order valence-corrected chi connectivity index (χ1v) is 6.68. The molecule has 0 aliphatic carbocycles. The molecule has 2 N–H and O–H groups in total. The second-order valence-corrected chi connectivity index (χ2v) is 5.20. The molecule has 0 aliphatic rings. The zero-order chi connectivity index (χ0) is 9.68. The van der Waals surface area contributed by atoms with E-state index in [4.69, 9.17) is 5.73 Å². The van der Waals surface area contributed by atoms with Gasteiger partial charge in [-0.3, -0.25) is 0 Å². The zero-order valence-electron chi connectivity index (χ0n) is 7.66. The van der Waals surface area contributed by atoms with Crippen molar-refractivity contribution in [2.24, 2.45) is 5.73 Å². The van der Waals surface area contributed by atoms with Crippen LogP contribution in [0.2, 0.25) is 0 Å². The van der Waals surface area contributed by atoms with Gasteiger partial charge in [-0.25, -0.2) is 0 Å². The second kappa shape index (κ2) is 5.88. The second-order valence-electron chi connectivity index (χ2n) is 3.05. The van der Waals surface area contributed by atoms with Gasteiger partial charge in [0.05, 0.1) is 0 Å². The first kappa shape index (κ1) is 11.3. The SMILES string of the molecule is CSCC(N)Cc1ccc(I)cc1. The normalized spacial score (nSPS) is 12.8. The van der Waals surface area contributed by atoms with E-state index in [1.807, 2.05) is 0 Å². The lowest BCUT2D eigenvalue weighted by Crippen LogP contribution is -2.25. The Morgan fingerprint density at radius 1 is 1.38 bits per heavy atom. The highest BCUT2D eigenvalue weighted by molar-refractivity contribution is 14.1. The van der Waals surface area contributed by atoms with Gasteiger partial charge < -0.3 is 5.73 Å². The standard InChI is InChI=1S/C10H14INS/c1-13-7-10(12)6-8-2-4-9(11)5-3-8/h2-5,10H,6-7,12H2,1H3. The van der Waals surface area contributed by atoms with Crippen molar-refractivity contribution in [3.8, 4) is 0 Å². The van der Waals surface area contributed by atoms with Crippen LogP contribution in [0.3, 0.4) is 0 Å². The highest BCUT2D eigenvalue weighted by Crippen LogP contribution is 2.09. The Balaban J connectivity index is 2.49. The molecule has 0 saturated carbocycles. The third kappa shape index (κ3) is 4.33. The summed E-state index contributed by atoms with van der Waals surface area (Å²) in [6, 6.07) is 8.85. The Morgan fingerprint density at radius 2 is 2.00 bits per heavy atom. The summed E-state index contributed by atoms with van der Waals surface area (Å²) in [4.78, 5) is 0. The topological polar surface area (TPSA) is 26.0 Å². The summed E-state index contributed by atoms with van der Waals surface area (Å²) in [7, 11) is 0.